The molecule has 0 aromatic heterocycles. The summed E-state index contributed by atoms with van der Waals surface area (Å²) >= 11 is 0. The fraction of sp³-hybridized carbons (Fsp3) is 0.500. The lowest BCUT2D eigenvalue weighted by Crippen LogP contribution is -2.29. The van der Waals surface area contributed by atoms with E-state index >= 15 is 0 Å². The molecule has 0 amide bonds. The first-order chi connectivity index (χ1) is 7.92. The van der Waals surface area contributed by atoms with Crippen LogP contribution in [0.1, 0.15) is 31.9 Å². The van der Waals surface area contributed by atoms with Gasteiger partial charge >= 0.3 is 0 Å². The summed E-state index contributed by atoms with van der Waals surface area (Å²) in [5.74, 6) is -0.420. The van der Waals surface area contributed by atoms with Crippen LogP contribution in [0.4, 0.5) is 4.39 Å². The maximum absolute atomic E-state index is 12.7. The molecule has 0 radical (unpaired) electrons. The summed E-state index contributed by atoms with van der Waals surface area (Å²) in [4.78, 5) is 0. The van der Waals surface area contributed by atoms with Gasteiger partial charge in [0.1, 0.15) is 5.82 Å². The Balaban J connectivity index is 3.02. The summed E-state index contributed by atoms with van der Waals surface area (Å²) in [5.41, 5.74) is 0.426. The number of halogens is 1. The average Bonchev–Trinajstić information content (AvgIpc) is 2.30. The number of benzene rings is 1. The van der Waals surface area contributed by atoms with Crippen molar-refractivity contribution >= 4 is 9.84 Å². The summed E-state index contributed by atoms with van der Waals surface area (Å²) in [6, 6.07) is 5.25. The molecule has 0 bridgehead atoms. The molecule has 3 nitrogen and oxygen atoms in total. The Morgan fingerprint density at radius 3 is 2.18 bits per heavy atom. The molecule has 1 rings (SSSR count). The Morgan fingerprint density at radius 2 is 1.76 bits per heavy atom. The summed E-state index contributed by atoms with van der Waals surface area (Å²) in [6.07, 6.45) is -0.778. The van der Waals surface area contributed by atoms with E-state index in [4.69, 9.17) is 0 Å². The molecule has 0 fully saturated rings. The minimum Gasteiger partial charge on any atom is -0.387 e. The topological polar surface area (TPSA) is 54.4 Å². The van der Waals surface area contributed by atoms with Gasteiger partial charge in [-0.15, -0.1) is 0 Å². The van der Waals surface area contributed by atoms with E-state index in [0.717, 1.165) is 0 Å². The van der Waals surface area contributed by atoms with Gasteiger partial charge in [0, 0.05) is 5.75 Å². The lowest BCUT2D eigenvalue weighted by molar-refractivity contribution is 0.169. The minimum atomic E-state index is -3.31. The van der Waals surface area contributed by atoms with Crippen molar-refractivity contribution < 1.29 is 17.9 Å². The van der Waals surface area contributed by atoms with Crippen LogP contribution in [0.25, 0.3) is 0 Å². The van der Waals surface area contributed by atoms with Crippen molar-refractivity contribution in [1.82, 2.24) is 0 Å². The highest BCUT2D eigenvalue weighted by molar-refractivity contribution is 7.92. The zero-order chi connectivity index (χ0) is 13.1. The molecule has 0 spiro atoms. The van der Waals surface area contributed by atoms with Crippen LogP contribution in [0.2, 0.25) is 0 Å². The predicted octanol–water partition coefficient (Wildman–Crippen LogP) is 2.07. The van der Waals surface area contributed by atoms with E-state index in [2.05, 4.69) is 0 Å². The number of rotatable bonds is 5. The van der Waals surface area contributed by atoms with Crippen molar-refractivity contribution in [3.05, 3.63) is 35.6 Å². The molecule has 0 aliphatic carbocycles. The van der Waals surface area contributed by atoms with E-state index in [1.54, 1.807) is 13.8 Å². The number of sulfone groups is 1. The monoisotopic (exact) mass is 260 g/mol. The molecule has 96 valence electrons. The van der Waals surface area contributed by atoms with Gasteiger partial charge in [0.2, 0.25) is 0 Å². The van der Waals surface area contributed by atoms with Crippen LogP contribution in [-0.2, 0) is 9.84 Å². The molecule has 0 saturated carbocycles. The van der Waals surface area contributed by atoms with Gasteiger partial charge in [-0.05, 0) is 24.1 Å². The van der Waals surface area contributed by atoms with Crippen LogP contribution in [0, 0.1) is 5.82 Å². The summed E-state index contributed by atoms with van der Waals surface area (Å²) in [5, 5.41) is 9.20. The summed E-state index contributed by atoms with van der Waals surface area (Å²) in [6.45, 7) is 3.26. The van der Waals surface area contributed by atoms with E-state index in [0.29, 0.717) is 12.0 Å². The van der Waals surface area contributed by atoms with Crippen molar-refractivity contribution in [2.24, 2.45) is 0 Å². The SMILES string of the molecule is CC[C@H]([C@@H](O)c1ccc(F)cc1)S(=O)(=O)CC. The second kappa shape index (κ2) is 5.60. The number of hydrogen-bond acceptors (Lipinski definition) is 3. The van der Waals surface area contributed by atoms with Crippen LogP contribution in [0.15, 0.2) is 24.3 Å². The minimum absolute atomic E-state index is 0.0102. The first kappa shape index (κ1) is 14.1. The Bertz CT molecular complexity index is 453. The molecule has 1 aromatic rings. The third-order valence-electron chi connectivity index (χ3n) is 2.83. The number of hydrogen-bond donors (Lipinski definition) is 1. The first-order valence-electron chi connectivity index (χ1n) is 5.57. The van der Waals surface area contributed by atoms with Crippen molar-refractivity contribution in [1.29, 1.82) is 0 Å². The number of aliphatic hydroxyl groups is 1. The van der Waals surface area contributed by atoms with Crippen LogP contribution >= 0.6 is 0 Å². The molecular weight excluding hydrogens is 243 g/mol. The van der Waals surface area contributed by atoms with Gasteiger partial charge in [-0.3, -0.25) is 0 Å². The van der Waals surface area contributed by atoms with Gasteiger partial charge in [-0.1, -0.05) is 26.0 Å². The second-order valence-electron chi connectivity index (χ2n) is 3.89. The van der Waals surface area contributed by atoms with Crippen LogP contribution < -0.4 is 0 Å². The highest BCUT2D eigenvalue weighted by Gasteiger charge is 2.30. The van der Waals surface area contributed by atoms with Gasteiger partial charge in [0.25, 0.3) is 0 Å². The van der Waals surface area contributed by atoms with Crippen molar-refractivity contribution in [3.8, 4) is 0 Å². The maximum atomic E-state index is 12.7. The molecule has 0 unspecified atom stereocenters. The van der Waals surface area contributed by atoms with Crippen LogP contribution in [0.3, 0.4) is 0 Å². The molecule has 0 aliphatic heterocycles. The third kappa shape index (κ3) is 3.26. The Kier molecular flexibility index (Phi) is 4.65. The quantitative estimate of drug-likeness (QED) is 0.881. The van der Waals surface area contributed by atoms with E-state index in [-0.39, 0.29) is 5.75 Å². The van der Waals surface area contributed by atoms with Gasteiger partial charge in [0.15, 0.2) is 9.84 Å². The van der Waals surface area contributed by atoms with Gasteiger partial charge in [0.05, 0.1) is 11.4 Å². The van der Waals surface area contributed by atoms with Gasteiger partial charge in [-0.2, -0.15) is 0 Å². The standard InChI is InChI=1S/C12H17FO3S/c1-3-11(17(15,16)4-2)12(14)9-5-7-10(13)8-6-9/h5-8,11-12,14H,3-4H2,1-2H3/t11-,12+/m1/s1. The molecule has 1 N–H and O–H groups in total. The van der Waals surface area contributed by atoms with E-state index in [1.807, 2.05) is 0 Å². The Morgan fingerprint density at radius 1 is 1.24 bits per heavy atom. The van der Waals surface area contributed by atoms with Crippen molar-refractivity contribution in [2.75, 3.05) is 5.75 Å². The predicted molar refractivity (Wildman–Crippen MR) is 64.9 cm³/mol. The molecule has 17 heavy (non-hydrogen) atoms. The third-order valence-corrected chi connectivity index (χ3v) is 5.15. The van der Waals surface area contributed by atoms with Crippen LogP contribution in [-0.4, -0.2) is 24.5 Å². The van der Waals surface area contributed by atoms with Gasteiger partial charge in [-0.25, -0.2) is 12.8 Å². The summed E-state index contributed by atoms with van der Waals surface area (Å²) in [7, 11) is -3.31. The normalized spacial score (nSPS) is 15.5. The Labute approximate surface area is 101 Å². The molecule has 0 saturated heterocycles. The molecule has 2 atom stereocenters. The van der Waals surface area contributed by atoms with Crippen molar-refractivity contribution in [3.63, 3.8) is 0 Å². The number of aliphatic hydroxyl groups excluding tert-OH is 1. The molecule has 0 aliphatic rings. The smallest absolute Gasteiger partial charge is 0.155 e. The average molecular weight is 260 g/mol. The van der Waals surface area contributed by atoms with E-state index in [9.17, 15) is 17.9 Å². The maximum Gasteiger partial charge on any atom is 0.155 e. The van der Waals surface area contributed by atoms with Crippen LogP contribution in [0.5, 0.6) is 0 Å². The first-order valence-corrected chi connectivity index (χ1v) is 7.29. The molecule has 1 aromatic carbocycles. The lowest BCUT2D eigenvalue weighted by atomic mass is 10.1. The summed E-state index contributed by atoms with van der Waals surface area (Å²) < 4.78 is 36.3. The Hall–Kier alpha value is -0.940. The molecule has 5 heteroatoms. The van der Waals surface area contributed by atoms with E-state index < -0.39 is 27.0 Å². The largest absolute Gasteiger partial charge is 0.387 e. The van der Waals surface area contributed by atoms with Gasteiger partial charge < -0.3 is 5.11 Å². The fourth-order valence-electron chi connectivity index (χ4n) is 1.76. The zero-order valence-corrected chi connectivity index (χ0v) is 10.7. The molecule has 0 heterocycles. The highest BCUT2D eigenvalue weighted by Crippen LogP contribution is 2.25. The zero-order valence-electron chi connectivity index (χ0n) is 9.93. The lowest BCUT2D eigenvalue weighted by Gasteiger charge is -2.21. The van der Waals surface area contributed by atoms with Crippen molar-refractivity contribution in [2.45, 2.75) is 31.6 Å². The molecular formula is C12H17FO3S. The van der Waals surface area contributed by atoms with E-state index in [1.165, 1.54) is 24.3 Å². The fourth-order valence-corrected chi connectivity index (χ4v) is 3.25. The highest BCUT2D eigenvalue weighted by atomic mass is 32.2. The second-order valence-corrected chi connectivity index (χ2v) is 6.40.